The summed E-state index contributed by atoms with van der Waals surface area (Å²) in [5.41, 5.74) is 2.37. The number of nitrogens with two attached hydrogens (primary N) is 1. The zero-order valence-corrected chi connectivity index (χ0v) is 12.8. The first-order valence-electron chi connectivity index (χ1n) is 6.32. The molecule has 8 heteroatoms. The number of aromatic nitrogens is 3. The molecule has 0 bridgehead atoms. The van der Waals surface area contributed by atoms with Gasteiger partial charge in [0.1, 0.15) is 5.75 Å². The number of nitrogens with one attached hydrogen (secondary N) is 1. The van der Waals surface area contributed by atoms with Gasteiger partial charge in [-0.1, -0.05) is 12.1 Å². The van der Waals surface area contributed by atoms with E-state index >= 15 is 0 Å². The SMILES string of the molecule is CSc1ccccc1Oc1nc(NN)nc(OC(C)C)n1. The molecule has 2 aromatic rings. The molecule has 0 aliphatic rings. The van der Waals surface area contributed by atoms with E-state index in [9.17, 15) is 0 Å². The van der Waals surface area contributed by atoms with Gasteiger partial charge in [-0.15, -0.1) is 16.7 Å². The molecule has 0 saturated carbocycles. The van der Waals surface area contributed by atoms with E-state index in [0.717, 1.165) is 4.90 Å². The lowest BCUT2D eigenvalue weighted by molar-refractivity contribution is 0.218. The maximum Gasteiger partial charge on any atom is 0.330 e. The summed E-state index contributed by atoms with van der Waals surface area (Å²) < 4.78 is 11.2. The smallest absolute Gasteiger partial charge is 0.330 e. The lowest BCUT2D eigenvalue weighted by Crippen LogP contribution is -2.15. The molecular weight excluding hydrogens is 290 g/mol. The van der Waals surface area contributed by atoms with Crippen molar-refractivity contribution in [3.63, 3.8) is 0 Å². The highest BCUT2D eigenvalue weighted by molar-refractivity contribution is 7.98. The summed E-state index contributed by atoms with van der Waals surface area (Å²) in [6.45, 7) is 3.76. The fraction of sp³-hybridized carbons (Fsp3) is 0.308. The Morgan fingerprint density at radius 3 is 2.52 bits per heavy atom. The summed E-state index contributed by atoms with van der Waals surface area (Å²) in [7, 11) is 0. The Labute approximate surface area is 127 Å². The Hall–Kier alpha value is -2.06. The minimum atomic E-state index is -0.0654. The van der Waals surface area contributed by atoms with Gasteiger partial charge in [0.2, 0.25) is 5.95 Å². The maximum atomic E-state index is 5.71. The standard InChI is InChI=1S/C13H17N5O2S/c1-8(2)19-12-15-11(18-14)16-13(17-12)20-9-6-4-5-7-10(9)21-3/h4-8H,14H2,1-3H3,(H,15,16,17,18). The Balaban J connectivity index is 2.30. The van der Waals surface area contributed by atoms with Crippen molar-refractivity contribution in [3.8, 4) is 17.8 Å². The lowest BCUT2D eigenvalue weighted by Gasteiger charge is -2.11. The van der Waals surface area contributed by atoms with E-state index in [1.165, 1.54) is 0 Å². The summed E-state index contributed by atoms with van der Waals surface area (Å²) in [4.78, 5) is 13.2. The predicted molar refractivity (Wildman–Crippen MR) is 81.7 cm³/mol. The first-order valence-corrected chi connectivity index (χ1v) is 7.55. The quantitative estimate of drug-likeness (QED) is 0.477. The number of anilines is 1. The number of para-hydroxylation sites is 1. The fourth-order valence-electron chi connectivity index (χ4n) is 1.51. The van der Waals surface area contributed by atoms with Gasteiger partial charge in [-0.2, -0.15) is 9.97 Å². The number of nitrogens with zero attached hydrogens (tertiary/aromatic N) is 3. The van der Waals surface area contributed by atoms with Gasteiger partial charge in [-0.05, 0) is 32.2 Å². The summed E-state index contributed by atoms with van der Waals surface area (Å²) in [5.74, 6) is 6.19. The van der Waals surface area contributed by atoms with Gasteiger partial charge in [0.25, 0.3) is 0 Å². The van der Waals surface area contributed by atoms with Crippen molar-refractivity contribution in [2.45, 2.75) is 24.8 Å². The number of ether oxygens (including phenoxy) is 2. The third-order valence-electron chi connectivity index (χ3n) is 2.33. The molecule has 0 fully saturated rings. The van der Waals surface area contributed by atoms with Gasteiger partial charge in [0.15, 0.2) is 0 Å². The van der Waals surface area contributed by atoms with Crippen molar-refractivity contribution >= 4 is 17.7 Å². The van der Waals surface area contributed by atoms with E-state index in [4.69, 9.17) is 15.3 Å². The van der Waals surface area contributed by atoms with E-state index < -0.39 is 0 Å². The van der Waals surface area contributed by atoms with Crippen molar-refractivity contribution in [3.05, 3.63) is 24.3 Å². The van der Waals surface area contributed by atoms with Gasteiger partial charge in [-0.3, -0.25) is 5.43 Å². The minimum absolute atomic E-state index is 0.0654. The second-order valence-corrected chi connectivity index (χ2v) is 5.14. The zero-order valence-electron chi connectivity index (χ0n) is 12.0. The third-order valence-corrected chi connectivity index (χ3v) is 3.11. The van der Waals surface area contributed by atoms with Crippen LogP contribution in [0.15, 0.2) is 29.2 Å². The first kappa shape index (κ1) is 15.3. The van der Waals surface area contributed by atoms with Gasteiger partial charge in [0, 0.05) is 4.90 Å². The Morgan fingerprint density at radius 2 is 1.86 bits per heavy atom. The minimum Gasteiger partial charge on any atom is -0.461 e. The highest BCUT2D eigenvalue weighted by Gasteiger charge is 2.12. The molecule has 7 nitrogen and oxygen atoms in total. The molecule has 1 heterocycles. The molecule has 3 N–H and O–H groups in total. The average molecular weight is 307 g/mol. The Kier molecular flexibility index (Phi) is 5.18. The Morgan fingerprint density at radius 1 is 1.14 bits per heavy atom. The molecule has 0 unspecified atom stereocenters. The van der Waals surface area contributed by atoms with Crippen LogP contribution >= 0.6 is 11.8 Å². The van der Waals surface area contributed by atoms with Crippen LogP contribution in [0.5, 0.6) is 17.8 Å². The summed E-state index contributed by atoms with van der Waals surface area (Å²) >= 11 is 1.57. The van der Waals surface area contributed by atoms with E-state index in [-0.39, 0.29) is 24.1 Å². The van der Waals surface area contributed by atoms with Gasteiger partial charge < -0.3 is 9.47 Å². The highest BCUT2D eigenvalue weighted by atomic mass is 32.2. The van der Waals surface area contributed by atoms with Crippen LogP contribution in [-0.4, -0.2) is 27.3 Å². The van der Waals surface area contributed by atoms with Crippen molar-refractivity contribution in [2.24, 2.45) is 5.84 Å². The number of hydrogen-bond donors (Lipinski definition) is 2. The van der Waals surface area contributed by atoms with Crippen LogP contribution in [0, 0.1) is 0 Å². The second-order valence-electron chi connectivity index (χ2n) is 4.29. The number of benzene rings is 1. The van der Waals surface area contributed by atoms with Crippen LogP contribution < -0.4 is 20.7 Å². The predicted octanol–water partition coefficient (Wildman–Crippen LogP) is 2.46. The van der Waals surface area contributed by atoms with Crippen molar-refractivity contribution < 1.29 is 9.47 Å². The van der Waals surface area contributed by atoms with E-state index in [2.05, 4.69) is 20.4 Å². The molecule has 1 aromatic carbocycles. The normalized spacial score (nSPS) is 10.5. The summed E-state index contributed by atoms with van der Waals surface area (Å²) in [6.07, 6.45) is 1.90. The highest BCUT2D eigenvalue weighted by Crippen LogP contribution is 2.30. The first-order chi connectivity index (χ1) is 10.1. The lowest BCUT2D eigenvalue weighted by atomic mass is 10.3. The van der Waals surface area contributed by atoms with Crippen molar-refractivity contribution in [1.29, 1.82) is 0 Å². The van der Waals surface area contributed by atoms with Crippen LogP contribution in [0.4, 0.5) is 5.95 Å². The molecule has 0 amide bonds. The molecule has 0 spiro atoms. The number of thioether (sulfide) groups is 1. The number of rotatable bonds is 6. The van der Waals surface area contributed by atoms with Crippen LogP contribution in [-0.2, 0) is 0 Å². The second kappa shape index (κ2) is 7.09. The molecule has 0 radical (unpaired) electrons. The van der Waals surface area contributed by atoms with Crippen molar-refractivity contribution in [1.82, 2.24) is 15.0 Å². The third kappa shape index (κ3) is 4.20. The average Bonchev–Trinajstić information content (AvgIpc) is 2.46. The van der Waals surface area contributed by atoms with Crippen LogP contribution in [0.3, 0.4) is 0 Å². The zero-order chi connectivity index (χ0) is 15.2. The molecule has 2 rings (SSSR count). The molecular formula is C13H17N5O2S. The van der Waals surface area contributed by atoms with Gasteiger partial charge in [0.05, 0.1) is 6.10 Å². The molecule has 112 valence electrons. The number of nitrogen functional groups attached to an aromatic ring is 1. The van der Waals surface area contributed by atoms with E-state index in [0.29, 0.717) is 5.75 Å². The molecule has 1 aromatic heterocycles. The van der Waals surface area contributed by atoms with Gasteiger partial charge >= 0.3 is 12.0 Å². The summed E-state index contributed by atoms with van der Waals surface area (Å²) in [5, 5.41) is 0. The van der Waals surface area contributed by atoms with Crippen LogP contribution in [0.1, 0.15) is 13.8 Å². The largest absolute Gasteiger partial charge is 0.461 e. The molecule has 0 aliphatic heterocycles. The maximum absolute atomic E-state index is 5.71. The number of hydrazine groups is 1. The Bertz CT molecular complexity index is 609. The van der Waals surface area contributed by atoms with Crippen molar-refractivity contribution in [2.75, 3.05) is 11.7 Å². The molecule has 21 heavy (non-hydrogen) atoms. The molecule has 0 atom stereocenters. The van der Waals surface area contributed by atoms with Crippen LogP contribution in [0.2, 0.25) is 0 Å². The molecule has 0 saturated heterocycles. The van der Waals surface area contributed by atoms with E-state index in [1.54, 1.807) is 11.8 Å². The topological polar surface area (TPSA) is 95.2 Å². The van der Waals surface area contributed by atoms with Crippen LogP contribution in [0.25, 0.3) is 0 Å². The van der Waals surface area contributed by atoms with E-state index in [1.807, 2.05) is 44.4 Å². The van der Waals surface area contributed by atoms with Gasteiger partial charge in [-0.25, -0.2) is 5.84 Å². The molecule has 0 aliphatic carbocycles. The summed E-state index contributed by atoms with van der Waals surface area (Å²) in [6, 6.07) is 7.89. The fourth-order valence-corrected chi connectivity index (χ4v) is 2.04. The monoisotopic (exact) mass is 307 g/mol. The number of hydrogen-bond acceptors (Lipinski definition) is 8.